The van der Waals surface area contributed by atoms with Gasteiger partial charge in [0.25, 0.3) is 5.56 Å². The minimum Gasteiger partial charge on any atom is -0.352 e. The molecular weight excluding hydrogens is 707 g/mol. The molecule has 0 aliphatic carbocycles. The molecule has 53 heavy (non-hydrogen) atoms. The number of H-pyrrole nitrogens is 1. The van der Waals surface area contributed by atoms with Crippen molar-refractivity contribution >= 4 is 18.1 Å². The van der Waals surface area contributed by atoms with Crippen LogP contribution in [0.4, 0.5) is 0 Å². The number of rotatable bonds is 19. The largest absolute Gasteiger partial charge is 0.360 e. The summed E-state index contributed by atoms with van der Waals surface area (Å²) >= 11 is 6.14. The first-order valence-corrected chi connectivity index (χ1v) is 21.7. The first-order chi connectivity index (χ1) is 25.5. The van der Waals surface area contributed by atoms with E-state index >= 15 is 0 Å². The van der Waals surface area contributed by atoms with Crippen molar-refractivity contribution in [2.45, 2.75) is 108 Å². The monoisotopic (exact) mass is 762 g/mol. The Balaban J connectivity index is 1.54. The fourth-order valence-electron chi connectivity index (χ4n) is 7.91. The molecule has 2 heterocycles. The first kappa shape index (κ1) is 40.9. The van der Waals surface area contributed by atoms with Gasteiger partial charge < -0.3 is 9.63 Å². The second kappa shape index (κ2) is 19.3. The maximum Gasteiger partial charge on any atom is 0.360 e. The Morgan fingerprint density at radius 2 is 1.34 bits per heavy atom. The van der Waals surface area contributed by atoms with Crippen LogP contribution in [0.25, 0.3) is 0 Å². The second-order valence-electron chi connectivity index (χ2n) is 14.5. The summed E-state index contributed by atoms with van der Waals surface area (Å²) in [5, 5.41) is 0. The molecule has 0 bridgehead atoms. The van der Waals surface area contributed by atoms with Crippen molar-refractivity contribution in [3.8, 4) is 0 Å². The lowest BCUT2D eigenvalue weighted by Crippen LogP contribution is -2.58. The second-order valence-corrected chi connectivity index (χ2v) is 17.4. The first-order valence-electron chi connectivity index (χ1n) is 19.2. The minimum atomic E-state index is -4.10. The molecule has 286 valence electrons. The van der Waals surface area contributed by atoms with E-state index in [1.807, 2.05) is 54.6 Å². The Hall–Kier alpha value is -3.30. The molecule has 3 aromatic carbocycles. The summed E-state index contributed by atoms with van der Waals surface area (Å²) in [4.78, 5) is 41.3. The number of nitrogens with zero attached hydrogens (tertiary/aromatic N) is 3. The predicted octanol–water partition coefficient (Wildman–Crippen LogP) is 8.99. The van der Waals surface area contributed by atoms with E-state index in [0.717, 1.165) is 36.0 Å². The summed E-state index contributed by atoms with van der Waals surface area (Å²) in [6.45, 7) is 0.563. The highest BCUT2D eigenvalue weighted by atomic mass is 35.7. The lowest BCUT2D eigenvalue weighted by atomic mass is 9.75. The lowest BCUT2D eigenvalue weighted by molar-refractivity contribution is -0.144. The van der Waals surface area contributed by atoms with Gasteiger partial charge in [0, 0.05) is 30.9 Å². The summed E-state index contributed by atoms with van der Waals surface area (Å²) in [6, 6.07) is 30.7. The van der Waals surface area contributed by atoms with Crippen molar-refractivity contribution in [1.82, 2.24) is 19.1 Å². The Kier molecular flexibility index (Phi) is 14.9. The van der Waals surface area contributed by atoms with Crippen LogP contribution < -0.4 is 11.2 Å². The Morgan fingerprint density at radius 3 is 1.83 bits per heavy atom. The molecule has 4 atom stereocenters. The van der Waals surface area contributed by atoms with Gasteiger partial charge in [0.2, 0.25) is 0 Å². The molecule has 2 unspecified atom stereocenters. The summed E-state index contributed by atoms with van der Waals surface area (Å²) < 4.78 is 22.7. The molecule has 1 fully saturated rings. The van der Waals surface area contributed by atoms with Crippen LogP contribution in [-0.2, 0) is 14.8 Å². The molecule has 0 radical (unpaired) electrons. The normalized spacial score (nSPS) is 18.5. The molecule has 1 aliphatic rings. The molecule has 2 N–H and O–H groups in total. The number of halogens is 1. The van der Waals surface area contributed by atoms with Crippen molar-refractivity contribution in [3.05, 3.63) is 140 Å². The van der Waals surface area contributed by atoms with Gasteiger partial charge in [0.1, 0.15) is 0 Å². The van der Waals surface area contributed by atoms with Gasteiger partial charge >= 0.3 is 12.6 Å². The summed E-state index contributed by atoms with van der Waals surface area (Å²) in [5.41, 5.74) is 1.74. The van der Waals surface area contributed by atoms with Crippen LogP contribution in [0.15, 0.2) is 107 Å². The third-order valence-electron chi connectivity index (χ3n) is 10.7. The third-order valence-corrected chi connectivity index (χ3v) is 12.6. The number of hydrogen-bond donors (Lipinski definition) is 2. The van der Waals surface area contributed by atoms with Crippen molar-refractivity contribution in [2.75, 3.05) is 20.1 Å². The molecule has 11 heteroatoms. The molecular formula is C42H56ClN4O5P. The van der Waals surface area contributed by atoms with E-state index in [2.05, 4.69) is 53.2 Å². The molecule has 1 saturated heterocycles. The van der Waals surface area contributed by atoms with Crippen LogP contribution >= 0.6 is 18.1 Å². The van der Waals surface area contributed by atoms with Crippen molar-refractivity contribution in [3.63, 3.8) is 0 Å². The van der Waals surface area contributed by atoms with Crippen LogP contribution in [0.1, 0.15) is 106 Å². The highest BCUT2D eigenvalue weighted by Gasteiger charge is 2.47. The fourth-order valence-corrected chi connectivity index (χ4v) is 8.90. The van der Waals surface area contributed by atoms with Gasteiger partial charge in [-0.2, -0.15) is 0 Å². The zero-order chi connectivity index (χ0) is 37.8. The Bertz CT molecular complexity index is 1770. The highest BCUT2D eigenvalue weighted by molar-refractivity contribution is 7.82. The average molecular weight is 763 g/mol. The van der Waals surface area contributed by atoms with Crippen LogP contribution in [0.3, 0.4) is 0 Å². The third kappa shape index (κ3) is 10.3. The summed E-state index contributed by atoms with van der Waals surface area (Å²) in [7, 11) is 1.61. The number of unbranched alkanes of at least 4 members (excludes halogenated alkanes) is 8. The SMILES string of the molecule is CCCCCCCCCCCC(C[C@H]1CN(C(c2ccccc2)(c2ccccc2)c2ccccc2)C[C@H](n2cc(C)c(=O)[nH]c2=O)O1)N(C)P(=O)(O)Cl. The summed E-state index contributed by atoms with van der Waals surface area (Å²) in [6.07, 6.45) is 11.9. The van der Waals surface area contributed by atoms with E-state index in [-0.39, 0.29) is 6.04 Å². The van der Waals surface area contributed by atoms with E-state index in [0.29, 0.717) is 31.5 Å². The van der Waals surface area contributed by atoms with E-state index in [1.54, 1.807) is 20.2 Å². The van der Waals surface area contributed by atoms with Crippen molar-refractivity contribution in [1.29, 1.82) is 0 Å². The number of ether oxygens (including phenoxy) is 1. The zero-order valence-electron chi connectivity index (χ0n) is 31.4. The average Bonchev–Trinajstić information content (AvgIpc) is 3.16. The fraction of sp³-hybridized carbons (Fsp3) is 0.476. The molecule has 0 saturated carbocycles. The maximum atomic E-state index is 13.4. The molecule has 9 nitrogen and oxygen atoms in total. The molecule has 1 aromatic heterocycles. The van der Waals surface area contributed by atoms with Gasteiger partial charge in [-0.15, -0.1) is 0 Å². The molecule has 5 rings (SSSR count). The van der Waals surface area contributed by atoms with Crippen LogP contribution in [0.5, 0.6) is 0 Å². The molecule has 0 spiro atoms. The quantitative estimate of drug-likeness (QED) is 0.0558. The van der Waals surface area contributed by atoms with Gasteiger partial charge in [-0.25, -0.2) is 9.46 Å². The number of nitrogens with one attached hydrogen (secondary N) is 1. The topological polar surface area (TPSA) is 108 Å². The van der Waals surface area contributed by atoms with Crippen LogP contribution in [0.2, 0.25) is 0 Å². The number of aryl methyl sites for hydroxylation is 1. The van der Waals surface area contributed by atoms with Crippen molar-refractivity contribution in [2.24, 2.45) is 0 Å². The summed E-state index contributed by atoms with van der Waals surface area (Å²) in [5.74, 6) is 0. The number of benzene rings is 3. The standard InChI is InChI=1S/C42H56ClN4O5P/c1-4-5-6-7-8-9-10-11-21-28-37(45(3)53(43,50)51)29-38-31-46(32-39(52-38)47-30-33(2)40(48)44-41(47)49)42(34-22-15-12-16-23-34,35-24-17-13-18-25-35)36-26-19-14-20-27-36/h12-20,22-27,30,37-39H,4-11,21,28-29,31-32H2,1-3H3,(H,50,51)(H,44,48,49)/t37?,38-,39+/m0/s1. The number of morpholine rings is 1. The van der Waals surface area contributed by atoms with E-state index in [4.69, 9.17) is 16.0 Å². The Morgan fingerprint density at radius 1 is 0.849 bits per heavy atom. The molecule has 1 aliphatic heterocycles. The smallest absolute Gasteiger partial charge is 0.352 e. The van der Waals surface area contributed by atoms with E-state index < -0.39 is 36.0 Å². The minimum absolute atomic E-state index is 0.313. The predicted molar refractivity (Wildman–Crippen MR) is 214 cm³/mol. The van der Waals surface area contributed by atoms with E-state index in [1.165, 1.54) is 47.8 Å². The lowest BCUT2D eigenvalue weighted by Gasteiger charge is -2.51. The van der Waals surface area contributed by atoms with E-state index in [9.17, 15) is 19.0 Å². The van der Waals surface area contributed by atoms with Gasteiger partial charge in [-0.3, -0.25) is 23.8 Å². The van der Waals surface area contributed by atoms with Gasteiger partial charge in [-0.05, 0) is 54.7 Å². The molecule has 4 aromatic rings. The van der Waals surface area contributed by atoms with Gasteiger partial charge in [-0.1, -0.05) is 156 Å². The van der Waals surface area contributed by atoms with Crippen LogP contribution in [-0.4, -0.2) is 56.3 Å². The van der Waals surface area contributed by atoms with Crippen LogP contribution in [0, 0.1) is 6.92 Å². The number of hydrogen-bond acceptors (Lipinski definition) is 5. The molecule has 0 amide bonds. The van der Waals surface area contributed by atoms with Gasteiger partial charge in [0.05, 0.1) is 11.6 Å². The maximum absolute atomic E-state index is 13.4. The number of aromatic amines is 1. The highest BCUT2D eigenvalue weighted by Crippen LogP contribution is 2.52. The van der Waals surface area contributed by atoms with Crippen molar-refractivity contribution < 1.29 is 14.2 Å². The Labute approximate surface area is 319 Å². The van der Waals surface area contributed by atoms with Gasteiger partial charge in [0.15, 0.2) is 6.23 Å². The zero-order valence-corrected chi connectivity index (χ0v) is 33.1. The number of aromatic nitrogens is 2.